The summed E-state index contributed by atoms with van der Waals surface area (Å²) in [5.74, 6) is 0.829. The van der Waals surface area contributed by atoms with Crippen LogP contribution in [0.4, 0.5) is 0 Å². The average Bonchev–Trinajstić information content (AvgIpc) is 2.15. The lowest BCUT2D eigenvalue weighted by molar-refractivity contribution is 0.281. The topological polar surface area (TPSA) is 18.5 Å². The third kappa shape index (κ3) is 4.24. The number of hydrogen-bond donors (Lipinski definition) is 0. The largest absolute Gasteiger partial charge is 0.497 e. The molecule has 0 fully saturated rings. The number of ether oxygens (including phenoxy) is 1. The van der Waals surface area contributed by atoms with Crippen LogP contribution < -0.4 is 4.74 Å². The summed E-state index contributed by atoms with van der Waals surface area (Å²) in [6.45, 7) is 6.35. The van der Waals surface area contributed by atoms with Crippen LogP contribution in [-0.4, -0.2) is 15.4 Å². The summed E-state index contributed by atoms with van der Waals surface area (Å²) in [6.07, 6.45) is 0. The highest BCUT2D eigenvalue weighted by Crippen LogP contribution is 2.27. The Morgan fingerprint density at radius 2 is 1.67 bits per heavy atom. The predicted molar refractivity (Wildman–Crippen MR) is 66.0 cm³/mol. The van der Waals surface area contributed by atoms with Gasteiger partial charge in [0.2, 0.25) is 0 Å². The molecular weight excluding hydrogens is 228 g/mol. The fraction of sp³-hybridized carbons (Fsp3) is 0.455. The average molecular weight is 245 g/mol. The molecular formula is C11H17ClO2Si. The molecule has 0 radical (unpaired) electrons. The van der Waals surface area contributed by atoms with Gasteiger partial charge in [-0.1, -0.05) is 23.7 Å². The van der Waals surface area contributed by atoms with Gasteiger partial charge in [0.15, 0.2) is 8.32 Å². The maximum absolute atomic E-state index is 6.16. The Hall–Kier alpha value is -0.513. The van der Waals surface area contributed by atoms with E-state index in [9.17, 15) is 0 Å². The van der Waals surface area contributed by atoms with Crippen molar-refractivity contribution in [2.75, 3.05) is 7.11 Å². The Morgan fingerprint density at radius 1 is 1.13 bits per heavy atom. The molecule has 1 aromatic rings. The van der Waals surface area contributed by atoms with Crippen molar-refractivity contribution in [2.24, 2.45) is 0 Å². The van der Waals surface area contributed by atoms with Crippen LogP contribution in [0.2, 0.25) is 19.6 Å². The molecule has 0 aliphatic carbocycles. The van der Waals surface area contributed by atoms with Crippen molar-refractivity contribution < 1.29 is 9.16 Å². The van der Waals surface area contributed by atoms with Gasteiger partial charge in [0.25, 0.3) is 0 Å². The van der Waals surface area contributed by atoms with Gasteiger partial charge < -0.3 is 9.16 Å². The van der Waals surface area contributed by atoms with Crippen LogP contribution in [0.5, 0.6) is 5.75 Å². The number of alkyl halides is 1. The first-order chi connectivity index (χ1) is 6.92. The lowest BCUT2D eigenvalue weighted by Gasteiger charge is -2.22. The van der Waals surface area contributed by atoms with Gasteiger partial charge in [0.1, 0.15) is 11.3 Å². The molecule has 15 heavy (non-hydrogen) atoms. The van der Waals surface area contributed by atoms with Crippen molar-refractivity contribution in [1.29, 1.82) is 0 Å². The molecule has 0 bridgehead atoms. The van der Waals surface area contributed by atoms with Gasteiger partial charge in [-0.2, -0.15) is 0 Å². The fourth-order valence-electron chi connectivity index (χ4n) is 1.13. The van der Waals surface area contributed by atoms with Crippen molar-refractivity contribution in [2.45, 2.75) is 25.2 Å². The second kappa shape index (κ2) is 5.01. The quantitative estimate of drug-likeness (QED) is 0.593. The SMILES string of the molecule is COc1ccc(C(Cl)O[Si](C)(C)C)cc1. The third-order valence-electron chi connectivity index (χ3n) is 1.83. The minimum Gasteiger partial charge on any atom is -0.497 e. The zero-order valence-corrected chi connectivity index (χ0v) is 11.3. The third-order valence-corrected chi connectivity index (χ3v) is 3.27. The zero-order chi connectivity index (χ0) is 11.5. The molecule has 0 saturated carbocycles. The molecule has 2 nitrogen and oxygen atoms in total. The van der Waals surface area contributed by atoms with Crippen LogP contribution in [0.25, 0.3) is 0 Å². The molecule has 0 aliphatic rings. The molecule has 0 heterocycles. The first-order valence-electron chi connectivity index (χ1n) is 4.88. The van der Waals surface area contributed by atoms with Crippen LogP contribution in [0.15, 0.2) is 24.3 Å². The molecule has 1 unspecified atom stereocenters. The summed E-state index contributed by atoms with van der Waals surface area (Å²) in [6, 6.07) is 7.63. The van der Waals surface area contributed by atoms with Crippen molar-refractivity contribution in [3.63, 3.8) is 0 Å². The van der Waals surface area contributed by atoms with E-state index in [0.29, 0.717) is 0 Å². The van der Waals surface area contributed by atoms with E-state index in [1.807, 2.05) is 24.3 Å². The first kappa shape index (κ1) is 12.6. The lowest BCUT2D eigenvalue weighted by Crippen LogP contribution is -2.26. The van der Waals surface area contributed by atoms with E-state index >= 15 is 0 Å². The van der Waals surface area contributed by atoms with Gasteiger partial charge in [0, 0.05) is 0 Å². The summed E-state index contributed by atoms with van der Waals surface area (Å²) in [5, 5.41) is 0. The summed E-state index contributed by atoms with van der Waals surface area (Å²) >= 11 is 6.16. The Bertz CT molecular complexity index is 305. The number of methoxy groups -OCH3 is 1. The van der Waals surface area contributed by atoms with Crippen LogP contribution in [-0.2, 0) is 4.43 Å². The number of halogens is 1. The summed E-state index contributed by atoms with van der Waals surface area (Å²) in [7, 11) is 0.0564. The van der Waals surface area contributed by atoms with Crippen LogP contribution >= 0.6 is 11.6 Å². The molecule has 1 aromatic carbocycles. The molecule has 84 valence electrons. The normalized spacial score (nSPS) is 13.7. The van der Waals surface area contributed by atoms with Crippen molar-refractivity contribution in [3.8, 4) is 5.75 Å². The highest BCUT2D eigenvalue weighted by molar-refractivity contribution is 6.70. The van der Waals surface area contributed by atoms with E-state index in [4.69, 9.17) is 20.8 Å². The van der Waals surface area contributed by atoms with Gasteiger partial charge in [-0.3, -0.25) is 0 Å². The molecule has 0 aromatic heterocycles. The Balaban J connectivity index is 2.70. The fourth-order valence-corrected chi connectivity index (χ4v) is 2.84. The maximum atomic E-state index is 6.16. The molecule has 0 N–H and O–H groups in total. The van der Waals surface area contributed by atoms with E-state index in [1.165, 1.54) is 0 Å². The lowest BCUT2D eigenvalue weighted by atomic mass is 10.2. The van der Waals surface area contributed by atoms with E-state index < -0.39 is 8.32 Å². The van der Waals surface area contributed by atoms with Gasteiger partial charge in [-0.15, -0.1) is 0 Å². The highest BCUT2D eigenvalue weighted by atomic mass is 35.5. The molecule has 1 atom stereocenters. The van der Waals surface area contributed by atoms with E-state index in [0.717, 1.165) is 11.3 Å². The first-order valence-corrected chi connectivity index (χ1v) is 8.73. The van der Waals surface area contributed by atoms with E-state index in [-0.39, 0.29) is 5.56 Å². The molecule has 0 saturated heterocycles. The molecule has 4 heteroatoms. The zero-order valence-electron chi connectivity index (χ0n) is 9.58. The minimum absolute atomic E-state index is 0.359. The summed E-state index contributed by atoms with van der Waals surface area (Å²) in [5.41, 5.74) is 0.613. The Morgan fingerprint density at radius 3 is 2.07 bits per heavy atom. The molecule has 0 spiro atoms. The summed E-state index contributed by atoms with van der Waals surface area (Å²) < 4.78 is 10.8. The number of rotatable bonds is 4. The van der Waals surface area contributed by atoms with Crippen molar-refractivity contribution in [3.05, 3.63) is 29.8 Å². The molecule has 0 amide bonds. The van der Waals surface area contributed by atoms with Crippen molar-refractivity contribution in [1.82, 2.24) is 0 Å². The minimum atomic E-state index is -1.59. The predicted octanol–water partition coefficient (Wildman–Crippen LogP) is 3.78. The number of benzene rings is 1. The monoisotopic (exact) mass is 244 g/mol. The number of hydrogen-bond acceptors (Lipinski definition) is 2. The van der Waals surface area contributed by atoms with Gasteiger partial charge >= 0.3 is 0 Å². The highest BCUT2D eigenvalue weighted by Gasteiger charge is 2.20. The van der Waals surface area contributed by atoms with Gasteiger partial charge in [0.05, 0.1) is 7.11 Å². The Kier molecular flexibility index (Phi) is 4.19. The maximum Gasteiger partial charge on any atom is 0.186 e. The van der Waals surface area contributed by atoms with Gasteiger partial charge in [-0.05, 0) is 37.3 Å². The van der Waals surface area contributed by atoms with Crippen LogP contribution in [0.1, 0.15) is 11.1 Å². The van der Waals surface area contributed by atoms with Crippen LogP contribution in [0, 0.1) is 0 Å². The van der Waals surface area contributed by atoms with Gasteiger partial charge in [-0.25, -0.2) is 0 Å². The van der Waals surface area contributed by atoms with Crippen molar-refractivity contribution >= 4 is 19.9 Å². The second-order valence-corrected chi connectivity index (χ2v) is 9.18. The van der Waals surface area contributed by atoms with E-state index in [2.05, 4.69) is 19.6 Å². The smallest absolute Gasteiger partial charge is 0.186 e. The Labute approximate surface area is 97.3 Å². The standard InChI is InChI=1S/C11H17ClO2Si/c1-13-10-7-5-9(6-8-10)11(12)14-15(2,3)4/h5-8,11H,1-4H3. The van der Waals surface area contributed by atoms with Crippen LogP contribution in [0.3, 0.4) is 0 Å². The second-order valence-electron chi connectivity index (χ2n) is 4.32. The molecule has 0 aliphatic heterocycles. The molecule has 1 rings (SSSR count). The summed E-state index contributed by atoms with van der Waals surface area (Å²) in [4.78, 5) is 0. The van der Waals surface area contributed by atoms with E-state index in [1.54, 1.807) is 7.11 Å².